The van der Waals surface area contributed by atoms with E-state index in [1.165, 1.54) is 4.68 Å². The van der Waals surface area contributed by atoms with Gasteiger partial charge in [0, 0.05) is 19.3 Å². The van der Waals surface area contributed by atoms with E-state index in [1.807, 2.05) is 25.1 Å². The fourth-order valence-corrected chi connectivity index (χ4v) is 1.79. The van der Waals surface area contributed by atoms with E-state index in [0.717, 1.165) is 11.4 Å². The van der Waals surface area contributed by atoms with E-state index in [-0.39, 0.29) is 12.5 Å². The summed E-state index contributed by atoms with van der Waals surface area (Å²) in [4.78, 5) is 18.1. The van der Waals surface area contributed by atoms with Gasteiger partial charge in [0.15, 0.2) is 0 Å². The molecule has 2 heterocycles. The predicted octanol–water partition coefficient (Wildman–Crippen LogP) is 0.0988. The summed E-state index contributed by atoms with van der Waals surface area (Å²) >= 11 is 0. The van der Waals surface area contributed by atoms with Crippen molar-refractivity contribution in [3.8, 4) is 0 Å². The van der Waals surface area contributed by atoms with Gasteiger partial charge in [0.2, 0.25) is 5.91 Å². The van der Waals surface area contributed by atoms with E-state index in [1.54, 1.807) is 18.1 Å². The lowest BCUT2D eigenvalue weighted by atomic mass is 10.3. The van der Waals surface area contributed by atoms with Crippen molar-refractivity contribution in [1.29, 1.82) is 0 Å². The Morgan fingerprint density at radius 3 is 2.85 bits per heavy atom. The molecule has 2 aromatic heterocycles. The zero-order valence-electron chi connectivity index (χ0n) is 11.7. The number of hydrogen-bond acceptors (Lipinski definition) is 5. The molecule has 0 aromatic carbocycles. The third-order valence-corrected chi connectivity index (χ3v) is 2.86. The highest BCUT2D eigenvalue weighted by Crippen LogP contribution is 2.03. The SMILES string of the molecule is Cc1cccc(CN(C)C(=O)Cn2cc(CN)nn2)n1. The van der Waals surface area contributed by atoms with Crippen LogP contribution in [-0.4, -0.2) is 37.8 Å². The zero-order chi connectivity index (χ0) is 14.5. The topological polar surface area (TPSA) is 89.9 Å². The van der Waals surface area contributed by atoms with E-state index in [0.29, 0.717) is 18.8 Å². The molecule has 7 heteroatoms. The van der Waals surface area contributed by atoms with Gasteiger partial charge in [0.05, 0.1) is 24.1 Å². The third kappa shape index (κ3) is 3.61. The summed E-state index contributed by atoms with van der Waals surface area (Å²) in [6.45, 7) is 2.86. The second kappa shape index (κ2) is 6.25. The number of nitrogens with two attached hydrogens (primary N) is 1. The Morgan fingerprint density at radius 1 is 1.40 bits per heavy atom. The fraction of sp³-hybridized carbons (Fsp3) is 0.385. The van der Waals surface area contributed by atoms with Crippen molar-refractivity contribution in [2.45, 2.75) is 26.6 Å². The van der Waals surface area contributed by atoms with Crippen LogP contribution in [0.15, 0.2) is 24.4 Å². The van der Waals surface area contributed by atoms with Crippen LogP contribution in [0, 0.1) is 6.92 Å². The highest BCUT2D eigenvalue weighted by molar-refractivity contribution is 5.75. The van der Waals surface area contributed by atoms with Crippen LogP contribution in [-0.2, 0) is 24.4 Å². The predicted molar refractivity (Wildman–Crippen MR) is 73.4 cm³/mol. The van der Waals surface area contributed by atoms with Gasteiger partial charge in [0.1, 0.15) is 6.54 Å². The average molecular weight is 274 g/mol. The summed E-state index contributed by atoms with van der Waals surface area (Å²) in [5, 5.41) is 7.70. The lowest BCUT2D eigenvalue weighted by molar-refractivity contribution is -0.131. The van der Waals surface area contributed by atoms with Crippen LogP contribution < -0.4 is 5.73 Å². The Kier molecular flexibility index (Phi) is 4.41. The van der Waals surface area contributed by atoms with Gasteiger partial charge in [-0.25, -0.2) is 4.68 Å². The highest BCUT2D eigenvalue weighted by atomic mass is 16.2. The van der Waals surface area contributed by atoms with Gasteiger partial charge < -0.3 is 10.6 Å². The lowest BCUT2D eigenvalue weighted by Gasteiger charge is -2.16. The monoisotopic (exact) mass is 274 g/mol. The molecule has 20 heavy (non-hydrogen) atoms. The minimum atomic E-state index is -0.0539. The summed E-state index contributed by atoms with van der Waals surface area (Å²) in [5.41, 5.74) is 7.92. The number of likely N-dealkylation sites (N-methyl/N-ethyl adjacent to an activating group) is 1. The molecule has 0 radical (unpaired) electrons. The molecule has 2 aromatic rings. The van der Waals surface area contributed by atoms with E-state index < -0.39 is 0 Å². The molecule has 0 saturated heterocycles. The van der Waals surface area contributed by atoms with Crippen LogP contribution in [0.25, 0.3) is 0 Å². The molecule has 0 aliphatic rings. The summed E-state index contributed by atoms with van der Waals surface area (Å²) in [5.74, 6) is -0.0539. The Balaban J connectivity index is 1.95. The standard InChI is InChI=1S/C13H18N6O/c1-10-4-3-5-11(15-10)7-18(2)13(20)9-19-8-12(6-14)16-17-19/h3-5,8H,6-7,9,14H2,1-2H3. The normalized spacial score (nSPS) is 10.6. The van der Waals surface area contributed by atoms with Crippen molar-refractivity contribution in [3.05, 3.63) is 41.5 Å². The summed E-state index contributed by atoms with van der Waals surface area (Å²) in [6, 6.07) is 5.76. The molecular weight excluding hydrogens is 256 g/mol. The first kappa shape index (κ1) is 14.1. The minimum absolute atomic E-state index is 0.0539. The van der Waals surface area contributed by atoms with Crippen LogP contribution in [0.4, 0.5) is 0 Å². The van der Waals surface area contributed by atoms with Gasteiger partial charge in [-0.1, -0.05) is 11.3 Å². The number of carbonyl (C=O) groups excluding carboxylic acids is 1. The molecule has 0 atom stereocenters. The maximum Gasteiger partial charge on any atom is 0.244 e. The second-order valence-corrected chi connectivity index (χ2v) is 4.63. The molecule has 106 valence electrons. The van der Waals surface area contributed by atoms with Crippen LogP contribution in [0.5, 0.6) is 0 Å². The first-order chi connectivity index (χ1) is 9.58. The molecule has 7 nitrogen and oxygen atoms in total. The zero-order valence-corrected chi connectivity index (χ0v) is 11.7. The van der Waals surface area contributed by atoms with Crippen LogP contribution in [0.1, 0.15) is 17.1 Å². The van der Waals surface area contributed by atoms with E-state index >= 15 is 0 Å². The number of aromatic nitrogens is 4. The molecule has 0 saturated carbocycles. The van der Waals surface area contributed by atoms with Gasteiger partial charge in [-0.2, -0.15) is 0 Å². The molecule has 0 fully saturated rings. The lowest BCUT2D eigenvalue weighted by Crippen LogP contribution is -2.30. The number of nitrogens with zero attached hydrogens (tertiary/aromatic N) is 5. The van der Waals surface area contributed by atoms with Crippen molar-refractivity contribution < 1.29 is 4.79 Å². The smallest absolute Gasteiger partial charge is 0.244 e. The van der Waals surface area contributed by atoms with Gasteiger partial charge >= 0.3 is 0 Å². The molecule has 1 amide bonds. The first-order valence-corrected chi connectivity index (χ1v) is 6.34. The van der Waals surface area contributed by atoms with Gasteiger partial charge in [-0.05, 0) is 19.1 Å². The molecule has 0 bridgehead atoms. The van der Waals surface area contributed by atoms with Crippen LogP contribution in [0.3, 0.4) is 0 Å². The highest BCUT2D eigenvalue weighted by Gasteiger charge is 2.12. The number of rotatable bonds is 5. The fourth-order valence-electron chi connectivity index (χ4n) is 1.79. The molecule has 2 N–H and O–H groups in total. The van der Waals surface area contributed by atoms with E-state index in [9.17, 15) is 4.79 Å². The number of aryl methyl sites for hydroxylation is 1. The Morgan fingerprint density at radius 2 is 2.20 bits per heavy atom. The summed E-state index contributed by atoms with van der Waals surface area (Å²) < 4.78 is 1.49. The molecule has 0 aliphatic heterocycles. The van der Waals surface area contributed by atoms with E-state index in [2.05, 4.69) is 15.3 Å². The largest absolute Gasteiger partial charge is 0.338 e. The van der Waals surface area contributed by atoms with Gasteiger partial charge in [-0.15, -0.1) is 5.10 Å². The molecule has 0 spiro atoms. The average Bonchev–Trinajstić information content (AvgIpc) is 2.86. The van der Waals surface area contributed by atoms with Crippen molar-refractivity contribution in [3.63, 3.8) is 0 Å². The van der Waals surface area contributed by atoms with Crippen LogP contribution >= 0.6 is 0 Å². The molecule has 2 rings (SSSR count). The quantitative estimate of drug-likeness (QED) is 0.835. The first-order valence-electron chi connectivity index (χ1n) is 6.34. The molecular formula is C13H18N6O. The number of amides is 1. The Labute approximate surface area is 117 Å². The molecule has 0 unspecified atom stereocenters. The van der Waals surface area contributed by atoms with Gasteiger partial charge in [-0.3, -0.25) is 9.78 Å². The molecule has 0 aliphatic carbocycles. The third-order valence-electron chi connectivity index (χ3n) is 2.86. The van der Waals surface area contributed by atoms with Gasteiger partial charge in [0.25, 0.3) is 0 Å². The van der Waals surface area contributed by atoms with Crippen molar-refractivity contribution >= 4 is 5.91 Å². The minimum Gasteiger partial charge on any atom is -0.338 e. The van der Waals surface area contributed by atoms with Crippen molar-refractivity contribution in [2.75, 3.05) is 7.05 Å². The number of hydrogen-bond donors (Lipinski definition) is 1. The maximum atomic E-state index is 12.1. The number of pyridine rings is 1. The Hall–Kier alpha value is -2.28. The Bertz CT molecular complexity index is 594. The van der Waals surface area contributed by atoms with E-state index in [4.69, 9.17) is 5.73 Å². The van der Waals surface area contributed by atoms with Crippen LogP contribution in [0.2, 0.25) is 0 Å². The number of carbonyl (C=O) groups is 1. The van der Waals surface area contributed by atoms with Crippen molar-refractivity contribution in [2.24, 2.45) is 5.73 Å². The second-order valence-electron chi connectivity index (χ2n) is 4.63. The summed E-state index contributed by atoms with van der Waals surface area (Å²) in [7, 11) is 1.74. The summed E-state index contributed by atoms with van der Waals surface area (Å²) in [6.07, 6.45) is 1.68. The van der Waals surface area contributed by atoms with Crippen molar-refractivity contribution in [1.82, 2.24) is 24.9 Å². The maximum absolute atomic E-state index is 12.1.